The van der Waals surface area contributed by atoms with Crippen molar-refractivity contribution >= 4 is 28.7 Å². The number of rotatable bonds is 2. The van der Waals surface area contributed by atoms with E-state index in [1.165, 1.54) is 5.32 Å². The maximum absolute atomic E-state index is 12.1. The maximum Gasteiger partial charge on any atom is 0.471 e. The number of carbonyl (C=O) groups excluding carboxylic acids is 1. The summed E-state index contributed by atoms with van der Waals surface area (Å²) in [7, 11) is 0. The molecule has 1 amide bonds. The van der Waals surface area contributed by atoms with Gasteiger partial charge in [0.1, 0.15) is 5.52 Å². The van der Waals surface area contributed by atoms with E-state index in [0.29, 0.717) is 0 Å². The fourth-order valence-corrected chi connectivity index (χ4v) is 1.29. The van der Waals surface area contributed by atoms with Crippen molar-refractivity contribution in [2.24, 2.45) is 0 Å². The van der Waals surface area contributed by atoms with E-state index in [2.05, 4.69) is 15.2 Å². The maximum atomic E-state index is 12.1. The highest BCUT2D eigenvalue weighted by molar-refractivity contribution is 6.01. The Morgan fingerprint density at radius 1 is 1.37 bits per heavy atom. The molecule has 0 unspecified atom stereocenters. The summed E-state index contributed by atoms with van der Waals surface area (Å²) in [6.45, 7) is 0. The van der Waals surface area contributed by atoms with Crippen LogP contribution in [-0.2, 0) is 4.79 Å². The summed E-state index contributed by atoms with van der Waals surface area (Å²) >= 11 is 0. The second-order valence-corrected chi connectivity index (χ2v) is 3.45. The molecule has 0 fully saturated rings. The van der Waals surface area contributed by atoms with Crippen molar-refractivity contribution in [2.45, 2.75) is 6.18 Å². The molecule has 0 aromatic carbocycles. The number of H-pyrrole nitrogens is 1. The van der Waals surface area contributed by atoms with Gasteiger partial charge < -0.3 is 5.11 Å². The zero-order chi connectivity index (χ0) is 14.2. The number of nitrogens with one attached hydrogen (secondary N) is 2. The molecule has 0 aliphatic carbocycles. The Kier molecular flexibility index (Phi) is 2.85. The van der Waals surface area contributed by atoms with Crippen LogP contribution in [0.2, 0.25) is 0 Å². The van der Waals surface area contributed by atoms with Gasteiger partial charge in [-0.1, -0.05) is 0 Å². The number of aromatic carboxylic acids is 1. The van der Waals surface area contributed by atoms with Crippen LogP contribution in [0.1, 0.15) is 10.4 Å². The summed E-state index contributed by atoms with van der Waals surface area (Å²) in [5.41, 5.74) is -0.134. The van der Waals surface area contributed by atoms with E-state index in [-0.39, 0.29) is 16.6 Å². The van der Waals surface area contributed by atoms with E-state index >= 15 is 0 Å². The summed E-state index contributed by atoms with van der Waals surface area (Å²) in [5.74, 6) is -3.86. The van der Waals surface area contributed by atoms with Crippen LogP contribution in [0.4, 0.5) is 19.0 Å². The number of alkyl halides is 3. The summed E-state index contributed by atoms with van der Waals surface area (Å²) in [6.07, 6.45) is -4.10. The lowest BCUT2D eigenvalue weighted by Gasteiger charge is -2.04. The number of hydrogen-bond acceptors (Lipinski definition) is 4. The molecule has 0 spiro atoms. The quantitative estimate of drug-likeness (QED) is 0.761. The molecule has 0 radical (unpaired) electrons. The van der Waals surface area contributed by atoms with Crippen LogP contribution in [-0.4, -0.2) is 38.3 Å². The molecular formula is C9H5F3N4O3. The molecule has 2 aromatic heterocycles. The van der Waals surface area contributed by atoms with Crippen LogP contribution in [0.15, 0.2) is 12.3 Å². The zero-order valence-corrected chi connectivity index (χ0v) is 8.95. The minimum Gasteiger partial charge on any atom is -0.478 e. The number of carbonyl (C=O) groups is 2. The van der Waals surface area contributed by atoms with Gasteiger partial charge in [0.05, 0.1) is 11.1 Å². The molecule has 0 saturated carbocycles. The van der Waals surface area contributed by atoms with Crippen molar-refractivity contribution in [3.8, 4) is 0 Å². The van der Waals surface area contributed by atoms with Gasteiger partial charge in [0.15, 0.2) is 5.82 Å². The number of amides is 1. The summed E-state index contributed by atoms with van der Waals surface area (Å²) in [5, 5.41) is 16.0. The van der Waals surface area contributed by atoms with Crippen LogP contribution in [0, 0.1) is 0 Å². The van der Waals surface area contributed by atoms with Crippen molar-refractivity contribution in [3.05, 3.63) is 17.8 Å². The minimum atomic E-state index is -5.05. The Morgan fingerprint density at radius 3 is 2.63 bits per heavy atom. The molecule has 100 valence electrons. The second kappa shape index (κ2) is 4.23. The molecule has 0 saturated heterocycles. The highest BCUT2D eigenvalue weighted by atomic mass is 19.4. The summed E-state index contributed by atoms with van der Waals surface area (Å²) in [6, 6.07) is 1.14. The van der Waals surface area contributed by atoms with Crippen LogP contribution in [0.5, 0.6) is 0 Å². The van der Waals surface area contributed by atoms with E-state index in [1.807, 2.05) is 0 Å². The molecule has 10 heteroatoms. The number of carboxylic acids is 1. The van der Waals surface area contributed by atoms with Gasteiger partial charge in [-0.25, -0.2) is 9.78 Å². The molecule has 2 heterocycles. The molecule has 3 N–H and O–H groups in total. The molecule has 0 aliphatic rings. The summed E-state index contributed by atoms with van der Waals surface area (Å²) < 4.78 is 36.2. The number of anilines is 1. The first kappa shape index (κ1) is 12.8. The number of carboxylic acid groups (broad SMARTS) is 1. The monoisotopic (exact) mass is 274 g/mol. The van der Waals surface area contributed by atoms with Gasteiger partial charge in [0, 0.05) is 6.20 Å². The van der Waals surface area contributed by atoms with E-state index < -0.39 is 23.9 Å². The number of pyridine rings is 1. The smallest absolute Gasteiger partial charge is 0.471 e. The molecule has 0 bridgehead atoms. The van der Waals surface area contributed by atoms with Gasteiger partial charge in [-0.05, 0) is 6.07 Å². The Bertz CT molecular complexity index is 664. The predicted molar refractivity (Wildman–Crippen MR) is 55.5 cm³/mol. The standard InChI is InChI=1S/C9H5F3N4O3/c10-9(11,12)8(19)14-6-5-4(15-16-6)1-3(2-13-5)7(17)18/h1-2H,(H,17,18)(H2,14,15,16,19). The molecule has 19 heavy (non-hydrogen) atoms. The summed E-state index contributed by atoms with van der Waals surface area (Å²) in [4.78, 5) is 25.0. The van der Waals surface area contributed by atoms with E-state index in [9.17, 15) is 22.8 Å². The molecule has 0 aliphatic heterocycles. The first-order valence-electron chi connectivity index (χ1n) is 4.74. The normalized spacial score (nSPS) is 11.5. The second-order valence-electron chi connectivity index (χ2n) is 3.45. The SMILES string of the molecule is O=C(O)c1cnc2c(NC(=O)C(F)(F)F)n[nH]c2c1. The van der Waals surface area contributed by atoms with Gasteiger partial charge in [-0.3, -0.25) is 15.2 Å². The van der Waals surface area contributed by atoms with Gasteiger partial charge in [0.2, 0.25) is 0 Å². The molecule has 0 atom stereocenters. The van der Waals surface area contributed by atoms with Crippen molar-refractivity contribution in [3.63, 3.8) is 0 Å². The Morgan fingerprint density at radius 2 is 2.05 bits per heavy atom. The lowest BCUT2D eigenvalue weighted by Crippen LogP contribution is -2.30. The van der Waals surface area contributed by atoms with Crippen molar-refractivity contribution in [1.82, 2.24) is 15.2 Å². The number of aromatic amines is 1. The van der Waals surface area contributed by atoms with Crippen molar-refractivity contribution in [1.29, 1.82) is 0 Å². The molecule has 7 nitrogen and oxygen atoms in total. The fraction of sp³-hybridized carbons (Fsp3) is 0.111. The van der Waals surface area contributed by atoms with Crippen LogP contribution >= 0.6 is 0 Å². The van der Waals surface area contributed by atoms with E-state index in [1.54, 1.807) is 0 Å². The number of halogens is 3. The van der Waals surface area contributed by atoms with Gasteiger partial charge in [-0.2, -0.15) is 18.3 Å². The Balaban J connectivity index is 2.36. The van der Waals surface area contributed by atoms with Gasteiger partial charge in [-0.15, -0.1) is 0 Å². The molecule has 2 rings (SSSR count). The van der Waals surface area contributed by atoms with E-state index in [0.717, 1.165) is 12.3 Å². The Hall–Kier alpha value is -2.65. The number of hydrogen-bond donors (Lipinski definition) is 3. The first-order valence-corrected chi connectivity index (χ1v) is 4.74. The van der Waals surface area contributed by atoms with Gasteiger partial charge >= 0.3 is 18.1 Å². The number of nitrogens with zero attached hydrogens (tertiary/aromatic N) is 2. The third-order valence-corrected chi connectivity index (χ3v) is 2.14. The van der Waals surface area contributed by atoms with Crippen molar-refractivity contribution in [2.75, 3.05) is 5.32 Å². The first-order chi connectivity index (χ1) is 8.79. The predicted octanol–water partition coefficient (Wildman–Crippen LogP) is 1.16. The average molecular weight is 274 g/mol. The van der Waals surface area contributed by atoms with Crippen LogP contribution in [0.3, 0.4) is 0 Å². The number of aromatic nitrogens is 3. The van der Waals surface area contributed by atoms with E-state index in [4.69, 9.17) is 5.11 Å². The van der Waals surface area contributed by atoms with Crippen LogP contribution < -0.4 is 5.32 Å². The third-order valence-electron chi connectivity index (χ3n) is 2.14. The topological polar surface area (TPSA) is 108 Å². The highest BCUT2D eigenvalue weighted by Crippen LogP contribution is 2.22. The highest BCUT2D eigenvalue weighted by Gasteiger charge is 2.39. The van der Waals surface area contributed by atoms with Crippen molar-refractivity contribution < 1.29 is 27.9 Å². The molecule has 2 aromatic rings. The average Bonchev–Trinajstić information content (AvgIpc) is 2.70. The number of fused-ring (bicyclic) bond motifs is 1. The zero-order valence-electron chi connectivity index (χ0n) is 8.95. The fourth-order valence-electron chi connectivity index (χ4n) is 1.29. The lowest BCUT2D eigenvalue weighted by molar-refractivity contribution is -0.167. The van der Waals surface area contributed by atoms with Crippen LogP contribution in [0.25, 0.3) is 11.0 Å². The lowest BCUT2D eigenvalue weighted by atomic mass is 10.2. The largest absolute Gasteiger partial charge is 0.478 e. The molecular weight excluding hydrogens is 269 g/mol. The minimum absolute atomic E-state index is 0.0670. The Labute approximate surface area is 102 Å². The third kappa shape index (κ3) is 2.46. The van der Waals surface area contributed by atoms with Gasteiger partial charge in [0.25, 0.3) is 0 Å².